The number of rotatable bonds is 9. The van der Waals surface area contributed by atoms with Crippen LogP contribution in [0.3, 0.4) is 0 Å². The lowest BCUT2D eigenvalue weighted by Crippen LogP contribution is -2.43. The zero-order valence-electron chi connectivity index (χ0n) is 26.2. The van der Waals surface area contributed by atoms with E-state index in [0.29, 0.717) is 24.0 Å². The molecule has 2 heterocycles. The molecule has 3 aromatic carbocycles. The Bertz CT molecular complexity index is 1650. The number of hydrogen-bond acceptors (Lipinski definition) is 5. The number of carbonyl (C=O) groups excluding carboxylic acids is 1. The number of hydrogen-bond donors (Lipinski definition) is 1. The fourth-order valence-electron chi connectivity index (χ4n) is 5.30. The van der Waals surface area contributed by atoms with Crippen LogP contribution in [0.25, 0.3) is 17.1 Å². The van der Waals surface area contributed by atoms with Gasteiger partial charge in [0.1, 0.15) is 12.1 Å². The minimum atomic E-state index is -4.75. The summed E-state index contributed by atoms with van der Waals surface area (Å²) >= 11 is 1.62. The molecule has 4 aromatic rings. The smallest absolute Gasteiger partial charge is 0.406 e. The normalized spacial score (nSPS) is 16.9. The lowest BCUT2D eigenvalue weighted by Gasteiger charge is -2.37. The molecule has 2 unspecified atom stereocenters. The number of halogens is 3. The number of urea groups is 1. The Labute approximate surface area is 271 Å². The molecule has 0 spiro atoms. The van der Waals surface area contributed by atoms with Crippen molar-refractivity contribution in [2.45, 2.75) is 58.9 Å². The maximum atomic E-state index is 12.9. The average molecular weight is 651 g/mol. The van der Waals surface area contributed by atoms with Gasteiger partial charge in [-0.15, -0.1) is 18.3 Å². The largest absolute Gasteiger partial charge is 0.573 e. The monoisotopic (exact) mass is 650 g/mol. The van der Waals surface area contributed by atoms with Crippen molar-refractivity contribution in [1.29, 1.82) is 0 Å². The topological polar surface area (TPSA) is 84.6 Å². The SMILES string of the molecule is CC(CNC(=O)N=C1SCCC(C)N1c1ccccc1C(C)C)Cc1ccc(-c2ncn(-c3ccc(OC(F)(F)F)cc3)n2)cc1. The Morgan fingerprint density at radius 2 is 1.78 bits per heavy atom. The number of aromatic nitrogens is 3. The van der Waals surface area contributed by atoms with Gasteiger partial charge in [0.2, 0.25) is 0 Å². The van der Waals surface area contributed by atoms with Crippen LogP contribution in [0.4, 0.5) is 23.7 Å². The number of thioether (sulfide) groups is 1. The van der Waals surface area contributed by atoms with Crippen molar-refractivity contribution in [2.75, 3.05) is 17.2 Å². The van der Waals surface area contributed by atoms with Gasteiger partial charge in [0.15, 0.2) is 11.0 Å². The van der Waals surface area contributed by atoms with Crippen molar-refractivity contribution in [3.8, 4) is 22.8 Å². The third kappa shape index (κ3) is 8.48. The van der Waals surface area contributed by atoms with Crippen LogP contribution in [0.5, 0.6) is 5.75 Å². The van der Waals surface area contributed by atoms with Gasteiger partial charge in [0.25, 0.3) is 0 Å². The van der Waals surface area contributed by atoms with Crippen molar-refractivity contribution >= 4 is 28.6 Å². The predicted octanol–water partition coefficient (Wildman–Crippen LogP) is 8.23. The van der Waals surface area contributed by atoms with Gasteiger partial charge < -0.3 is 15.0 Å². The molecule has 1 N–H and O–H groups in total. The molecule has 2 atom stereocenters. The van der Waals surface area contributed by atoms with E-state index in [1.165, 1.54) is 40.8 Å². The zero-order valence-corrected chi connectivity index (χ0v) is 27.0. The molecule has 242 valence electrons. The second-order valence-electron chi connectivity index (χ2n) is 11.7. The van der Waals surface area contributed by atoms with Crippen molar-refractivity contribution in [3.63, 3.8) is 0 Å². The lowest BCUT2D eigenvalue weighted by molar-refractivity contribution is -0.274. The summed E-state index contributed by atoms with van der Waals surface area (Å²) in [7, 11) is 0. The molecule has 1 aliphatic rings. The van der Waals surface area contributed by atoms with Crippen LogP contribution >= 0.6 is 11.8 Å². The molecule has 5 rings (SSSR count). The number of ether oxygens (including phenoxy) is 1. The molecule has 0 radical (unpaired) electrons. The molecule has 0 bridgehead atoms. The van der Waals surface area contributed by atoms with E-state index in [2.05, 4.69) is 75.9 Å². The summed E-state index contributed by atoms with van der Waals surface area (Å²) in [4.78, 5) is 24.0. The first-order valence-corrected chi connectivity index (χ1v) is 16.2. The molecule has 0 aliphatic carbocycles. The first kappa shape index (κ1) is 33.1. The molecule has 46 heavy (non-hydrogen) atoms. The van der Waals surface area contributed by atoms with Crippen LogP contribution in [-0.4, -0.2) is 50.7 Å². The average Bonchev–Trinajstić information content (AvgIpc) is 3.51. The molecule has 12 heteroatoms. The van der Waals surface area contributed by atoms with Gasteiger partial charge in [-0.3, -0.25) is 0 Å². The Morgan fingerprint density at radius 3 is 2.48 bits per heavy atom. The molecule has 1 aromatic heterocycles. The molecule has 8 nitrogen and oxygen atoms in total. The number of benzene rings is 3. The maximum absolute atomic E-state index is 12.9. The lowest BCUT2D eigenvalue weighted by atomic mass is 9.99. The highest BCUT2D eigenvalue weighted by Gasteiger charge is 2.31. The molecule has 2 amide bonds. The van der Waals surface area contributed by atoms with E-state index in [0.717, 1.165) is 40.6 Å². The van der Waals surface area contributed by atoms with Crippen LogP contribution in [0.2, 0.25) is 0 Å². The van der Waals surface area contributed by atoms with Crippen LogP contribution in [0, 0.1) is 5.92 Å². The first-order chi connectivity index (χ1) is 22.0. The summed E-state index contributed by atoms with van der Waals surface area (Å²) in [6, 6.07) is 21.5. The molecular formula is C34H37F3N6O2S. The Morgan fingerprint density at radius 1 is 1.07 bits per heavy atom. The first-order valence-electron chi connectivity index (χ1n) is 15.2. The highest BCUT2D eigenvalue weighted by Crippen LogP contribution is 2.34. The minimum absolute atomic E-state index is 0.173. The van der Waals surface area contributed by atoms with Gasteiger partial charge in [-0.2, -0.15) is 4.99 Å². The third-order valence-electron chi connectivity index (χ3n) is 7.65. The van der Waals surface area contributed by atoms with Gasteiger partial charge in [0, 0.05) is 29.6 Å². The molecular weight excluding hydrogens is 613 g/mol. The van der Waals surface area contributed by atoms with Crippen molar-refractivity contribution in [1.82, 2.24) is 20.1 Å². The van der Waals surface area contributed by atoms with Gasteiger partial charge in [-0.25, -0.2) is 14.5 Å². The highest BCUT2D eigenvalue weighted by molar-refractivity contribution is 8.14. The fraction of sp³-hybridized carbons (Fsp3) is 0.353. The second-order valence-corrected chi connectivity index (χ2v) is 12.8. The second kappa shape index (κ2) is 14.4. The number of para-hydroxylation sites is 1. The summed E-state index contributed by atoms with van der Waals surface area (Å²) in [6.45, 7) is 9.10. The van der Waals surface area contributed by atoms with E-state index >= 15 is 0 Å². The third-order valence-corrected chi connectivity index (χ3v) is 8.64. The van der Waals surface area contributed by atoms with E-state index in [-0.39, 0.29) is 23.7 Å². The minimum Gasteiger partial charge on any atom is -0.406 e. The Hall–Kier alpha value is -4.32. The number of anilines is 1. The summed E-state index contributed by atoms with van der Waals surface area (Å²) in [5.74, 6) is 1.63. The summed E-state index contributed by atoms with van der Waals surface area (Å²) in [6.07, 6.45) is -1.47. The van der Waals surface area contributed by atoms with Crippen LogP contribution in [0.1, 0.15) is 51.2 Å². The fourth-order valence-corrected chi connectivity index (χ4v) is 6.51. The Balaban J connectivity index is 1.16. The Kier molecular flexibility index (Phi) is 10.4. The van der Waals surface area contributed by atoms with E-state index in [1.807, 2.05) is 30.3 Å². The van der Waals surface area contributed by atoms with Crippen LogP contribution < -0.4 is 15.0 Å². The number of aliphatic imine (C=N–C) groups is 1. The number of carbonyl (C=O) groups is 1. The number of nitrogens with zero attached hydrogens (tertiary/aromatic N) is 5. The standard InChI is InChI=1S/C34H37F3N6O2S/c1-22(2)29-7-5-6-8-30(29)43-24(4)17-18-46-33(43)40-32(44)38-20-23(3)19-25-9-11-26(12-10-25)31-39-21-42(41-31)27-13-15-28(16-14-27)45-34(35,36)37/h5-16,21-24H,17-20H2,1-4H3,(H,38,44). The highest BCUT2D eigenvalue weighted by atomic mass is 32.2. The van der Waals surface area contributed by atoms with Gasteiger partial charge in [-0.1, -0.05) is 75.0 Å². The zero-order chi connectivity index (χ0) is 32.8. The predicted molar refractivity (Wildman–Crippen MR) is 177 cm³/mol. The summed E-state index contributed by atoms with van der Waals surface area (Å²) in [5, 5.41) is 8.19. The molecule has 1 fully saturated rings. The van der Waals surface area contributed by atoms with Crippen molar-refractivity contribution in [2.24, 2.45) is 10.9 Å². The van der Waals surface area contributed by atoms with Crippen LogP contribution in [-0.2, 0) is 6.42 Å². The molecule has 0 saturated carbocycles. The maximum Gasteiger partial charge on any atom is 0.573 e. The number of amidine groups is 1. The van der Waals surface area contributed by atoms with Crippen LogP contribution in [0.15, 0.2) is 84.1 Å². The van der Waals surface area contributed by atoms with Gasteiger partial charge in [0.05, 0.1) is 5.69 Å². The van der Waals surface area contributed by atoms with Gasteiger partial charge in [-0.05, 0) is 73.1 Å². The molecule has 1 saturated heterocycles. The number of nitrogens with one attached hydrogen (secondary N) is 1. The van der Waals surface area contributed by atoms with E-state index in [9.17, 15) is 18.0 Å². The molecule has 1 aliphatic heterocycles. The van der Waals surface area contributed by atoms with Gasteiger partial charge >= 0.3 is 12.4 Å². The van der Waals surface area contributed by atoms with Crippen molar-refractivity contribution in [3.05, 3.63) is 90.3 Å². The van der Waals surface area contributed by atoms with E-state index < -0.39 is 6.36 Å². The van der Waals surface area contributed by atoms with E-state index in [1.54, 1.807) is 11.8 Å². The van der Waals surface area contributed by atoms with Crippen molar-refractivity contribution < 1.29 is 22.7 Å². The van der Waals surface area contributed by atoms with E-state index in [4.69, 9.17) is 0 Å². The summed E-state index contributed by atoms with van der Waals surface area (Å²) in [5.41, 5.74) is 4.80. The number of amides is 2. The summed E-state index contributed by atoms with van der Waals surface area (Å²) < 4.78 is 42.7. The number of alkyl halides is 3. The quantitative estimate of drug-likeness (QED) is 0.197.